The molecule has 0 bridgehead atoms. The van der Waals surface area contributed by atoms with Crippen LogP contribution in [-0.2, 0) is 37.3 Å². The molecule has 0 fully saturated rings. The van der Waals surface area contributed by atoms with E-state index in [2.05, 4.69) is 55.3 Å². The number of unbranched alkanes of at least 4 members (excludes halogenated alkanes) is 12. The number of carbonyl (C=O) groups excluding carboxylic acids is 3. The summed E-state index contributed by atoms with van der Waals surface area (Å²) in [4.78, 5) is 38.5. The standard InChI is InChI=1S/C50H79N2O10P/c1-7-10-12-14-15-16-17-19-21-31-47(53)61-41(26-20-18-13-11-8-2)32-35-56-37-40(52-49(55)62-50(4,5)6)38-60-63(58-34-9-3)59-36-33-51-48(54)57-39-46-44-29-24-22-27-42(44)43-28-23-25-30-45(43)46/h9,22-25,27-30,40-41,46H,3,7-8,10-21,26,31-39H2,1-2,4-6H3,(H,51,54)(H,52,55)/t40-,41-,63?/m1/s1. The van der Waals surface area contributed by atoms with Crippen LogP contribution in [0.4, 0.5) is 9.59 Å². The Morgan fingerprint density at radius 3 is 1.95 bits per heavy atom. The molecule has 3 rings (SSSR count). The topological polar surface area (TPSA) is 140 Å². The van der Waals surface area contributed by atoms with Crippen molar-refractivity contribution < 1.29 is 46.9 Å². The van der Waals surface area contributed by atoms with Crippen LogP contribution in [0.3, 0.4) is 0 Å². The van der Waals surface area contributed by atoms with Crippen LogP contribution in [-0.4, -0.2) is 82.1 Å². The zero-order chi connectivity index (χ0) is 45.5. The molecule has 3 atom stereocenters. The number of benzene rings is 2. The maximum absolute atomic E-state index is 12.9. The van der Waals surface area contributed by atoms with E-state index in [-0.39, 0.29) is 57.6 Å². The van der Waals surface area contributed by atoms with Gasteiger partial charge in [-0.3, -0.25) is 4.79 Å². The highest BCUT2D eigenvalue weighted by atomic mass is 31.2. The molecule has 0 heterocycles. The van der Waals surface area contributed by atoms with Crippen molar-refractivity contribution in [2.75, 3.05) is 46.2 Å². The van der Waals surface area contributed by atoms with E-state index in [9.17, 15) is 14.4 Å². The highest BCUT2D eigenvalue weighted by Gasteiger charge is 2.29. The number of amides is 2. The Bertz CT molecular complexity index is 1540. The van der Waals surface area contributed by atoms with Gasteiger partial charge in [-0.2, -0.15) is 0 Å². The van der Waals surface area contributed by atoms with Gasteiger partial charge in [-0.1, -0.05) is 146 Å². The molecule has 2 N–H and O–H groups in total. The van der Waals surface area contributed by atoms with E-state index in [0.717, 1.165) is 60.8 Å². The van der Waals surface area contributed by atoms with Crippen molar-refractivity contribution in [3.05, 3.63) is 72.3 Å². The van der Waals surface area contributed by atoms with Crippen LogP contribution in [0.1, 0.15) is 161 Å². The number of rotatable bonds is 35. The van der Waals surface area contributed by atoms with Gasteiger partial charge in [0.25, 0.3) is 0 Å². The fraction of sp³-hybridized carbons (Fsp3) is 0.660. The van der Waals surface area contributed by atoms with E-state index in [1.54, 1.807) is 26.8 Å². The molecule has 1 unspecified atom stereocenters. The van der Waals surface area contributed by atoms with Gasteiger partial charge in [-0.25, -0.2) is 9.59 Å². The zero-order valence-corrected chi connectivity index (χ0v) is 40.0. The number of ether oxygens (including phenoxy) is 4. The van der Waals surface area contributed by atoms with Crippen LogP contribution in [0.15, 0.2) is 61.2 Å². The monoisotopic (exact) mass is 899 g/mol. The molecule has 354 valence electrons. The molecule has 2 aromatic rings. The Morgan fingerprint density at radius 2 is 1.33 bits per heavy atom. The summed E-state index contributed by atoms with van der Waals surface area (Å²) >= 11 is 0. The van der Waals surface area contributed by atoms with Gasteiger partial charge in [0.1, 0.15) is 18.3 Å². The van der Waals surface area contributed by atoms with Gasteiger partial charge in [0.05, 0.1) is 39.1 Å². The normalized spacial score (nSPS) is 13.7. The number of nitrogens with one attached hydrogen (secondary N) is 2. The zero-order valence-electron chi connectivity index (χ0n) is 39.1. The summed E-state index contributed by atoms with van der Waals surface area (Å²) in [6.45, 7) is 14.6. The SMILES string of the molecule is C=CCOP(OCCNC(=O)OCC1c2ccccc2-c2ccccc21)OC[C@@H](COCC[C@@H](CCCCCCC)OC(=O)CCCCCCCCCCC)NC(=O)OC(C)(C)C. The minimum absolute atomic E-state index is 0.00349. The second kappa shape index (κ2) is 32.2. The van der Waals surface area contributed by atoms with Crippen molar-refractivity contribution in [1.82, 2.24) is 10.6 Å². The van der Waals surface area contributed by atoms with Gasteiger partial charge >= 0.3 is 26.8 Å². The summed E-state index contributed by atoms with van der Waals surface area (Å²) in [6.07, 6.45) is 18.3. The summed E-state index contributed by atoms with van der Waals surface area (Å²) in [5.74, 6) is -0.187. The second-order valence-corrected chi connectivity index (χ2v) is 18.5. The average molecular weight is 899 g/mol. The number of fused-ring (bicyclic) bond motifs is 3. The summed E-state index contributed by atoms with van der Waals surface area (Å²) in [5.41, 5.74) is 3.89. The summed E-state index contributed by atoms with van der Waals surface area (Å²) in [5, 5.41) is 5.60. The minimum Gasteiger partial charge on any atom is -0.462 e. The number of hydrogen-bond donors (Lipinski definition) is 2. The van der Waals surface area contributed by atoms with Gasteiger partial charge in [-0.15, -0.1) is 6.58 Å². The van der Waals surface area contributed by atoms with E-state index in [1.165, 1.54) is 57.8 Å². The van der Waals surface area contributed by atoms with Crippen molar-refractivity contribution in [1.29, 1.82) is 0 Å². The fourth-order valence-electron chi connectivity index (χ4n) is 7.41. The van der Waals surface area contributed by atoms with Crippen LogP contribution >= 0.6 is 8.60 Å². The van der Waals surface area contributed by atoms with Crippen molar-refractivity contribution in [3.63, 3.8) is 0 Å². The Kier molecular flexibility index (Phi) is 27.5. The lowest BCUT2D eigenvalue weighted by molar-refractivity contribution is -0.150. The lowest BCUT2D eigenvalue weighted by Gasteiger charge is -2.25. The number of esters is 1. The molecule has 0 radical (unpaired) electrons. The third-order valence-corrected chi connectivity index (χ3v) is 11.7. The van der Waals surface area contributed by atoms with E-state index >= 15 is 0 Å². The van der Waals surface area contributed by atoms with Crippen molar-refractivity contribution in [3.8, 4) is 11.1 Å². The number of carbonyl (C=O) groups is 3. The predicted octanol–water partition coefficient (Wildman–Crippen LogP) is 12.5. The van der Waals surface area contributed by atoms with Crippen molar-refractivity contribution in [2.24, 2.45) is 0 Å². The molecule has 2 aromatic carbocycles. The molecule has 0 aliphatic heterocycles. The first-order valence-electron chi connectivity index (χ1n) is 23.7. The van der Waals surface area contributed by atoms with Gasteiger partial charge < -0.3 is 43.2 Å². The first kappa shape index (κ1) is 53.8. The first-order chi connectivity index (χ1) is 30.5. The Hall–Kier alpha value is -3.54. The van der Waals surface area contributed by atoms with Crippen molar-refractivity contribution >= 4 is 26.8 Å². The maximum atomic E-state index is 12.9. The smallest absolute Gasteiger partial charge is 0.408 e. The van der Waals surface area contributed by atoms with E-state index in [4.69, 9.17) is 32.5 Å². The third-order valence-electron chi connectivity index (χ3n) is 10.6. The predicted molar refractivity (Wildman–Crippen MR) is 252 cm³/mol. The Balaban J connectivity index is 1.46. The fourth-order valence-corrected chi connectivity index (χ4v) is 8.40. The Morgan fingerprint density at radius 1 is 0.730 bits per heavy atom. The van der Waals surface area contributed by atoms with E-state index in [0.29, 0.717) is 19.4 Å². The van der Waals surface area contributed by atoms with E-state index in [1.807, 2.05) is 24.3 Å². The molecule has 1 aliphatic carbocycles. The lowest BCUT2D eigenvalue weighted by Crippen LogP contribution is -2.44. The van der Waals surface area contributed by atoms with Gasteiger partial charge in [0, 0.05) is 25.3 Å². The van der Waals surface area contributed by atoms with Crippen LogP contribution < -0.4 is 10.6 Å². The number of hydrogen-bond acceptors (Lipinski definition) is 10. The van der Waals surface area contributed by atoms with Gasteiger partial charge in [-0.05, 0) is 62.3 Å². The van der Waals surface area contributed by atoms with Crippen molar-refractivity contribution in [2.45, 2.75) is 167 Å². The molecule has 0 spiro atoms. The summed E-state index contributed by atoms with van der Waals surface area (Å²) in [6, 6.07) is 15.8. The Labute approximate surface area is 380 Å². The molecular weight excluding hydrogens is 820 g/mol. The summed E-state index contributed by atoms with van der Waals surface area (Å²) < 4.78 is 40.9. The largest absolute Gasteiger partial charge is 0.462 e. The molecule has 13 heteroatoms. The molecule has 0 saturated heterocycles. The average Bonchev–Trinajstić information content (AvgIpc) is 3.58. The molecule has 12 nitrogen and oxygen atoms in total. The maximum Gasteiger partial charge on any atom is 0.408 e. The molecular formula is C50H79N2O10P. The van der Waals surface area contributed by atoms with Gasteiger partial charge in [0.15, 0.2) is 0 Å². The van der Waals surface area contributed by atoms with Gasteiger partial charge in [0.2, 0.25) is 0 Å². The summed E-state index contributed by atoms with van der Waals surface area (Å²) in [7, 11) is -1.89. The van der Waals surface area contributed by atoms with Crippen LogP contribution in [0, 0.1) is 0 Å². The molecule has 2 amide bonds. The van der Waals surface area contributed by atoms with Crippen LogP contribution in [0.25, 0.3) is 11.1 Å². The molecule has 63 heavy (non-hydrogen) atoms. The molecule has 1 aliphatic rings. The quantitative estimate of drug-likeness (QED) is 0.0226. The van der Waals surface area contributed by atoms with Crippen LogP contribution in [0.5, 0.6) is 0 Å². The van der Waals surface area contributed by atoms with E-state index < -0.39 is 32.4 Å². The number of alkyl carbamates (subject to hydrolysis) is 2. The lowest BCUT2D eigenvalue weighted by atomic mass is 9.98. The third kappa shape index (κ3) is 23.3. The molecule has 0 saturated carbocycles. The minimum atomic E-state index is -1.89. The second-order valence-electron chi connectivity index (χ2n) is 17.3. The van der Waals surface area contributed by atoms with Crippen LogP contribution in [0.2, 0.25) is 0 Å². The first-order valence-corrected chi connectivity index (χ1v) is 24.8. The highest BCUT2D eigenvalue weighted by Crippen LogP contribution is 2.44. The molecule has 0 aromatic heterocycles. The highest BCUT2D eigenvalue weighted by molar-refractivity contribution is 7.41.